The van der Waals surface area contributed by atoms with Gasteiger partial charge in [0.15, 0.2) is 0 Å². The van der Waals surface area contributed by atoms with Crippen LogP contribution in [0.25, 0.3) is 5.76 Å². The van der Waals surface area contributed by atoms with Crippen molar-refractivity contribution >= 4 is 46.1 Å². The molecule has 1 aliphatic heterocycles. The van der Waals surface area contributed by atoms with Gasteiger partial charge >= 0.3 is 0 Å². The number of hydrogen-bond acceptors (Lipinski definition) is 6. The largest absolute Gasteiger partial charge is 0.507 e. The van der Waals surface area contributed by atoms with Crippen molar-refractivity contribution in [2.75, 3.05) is 19.1 Å². The normalized spacial score (nSPS) is 17.4. The third-order valence-electron chi connectivity index (χ3n) is 5.89. The fourth-order valence-corrected chi connectivity index (χ4v) is 5.64. The summed E-state index contributed by atoms with van der Waals surface area (Å²) in [7, 11) is 3.01. The first kappa shape index (κ1) is 23.9. The zero-order valence-electron chi connectivity index (χ0n) is 19.4. The molecule has 0 saturated carbocycles. The van der Waals surface area contributed by atoms with Crippen LogP contribution >= 0.6 is 22.9 Å². The second-order valence-electron chi connectivity index (χ2n) is 8.12. The van der Waals surface area contributed by atoms with E-state index in [4.69, 9.17) is 21.1 Å². The Morgan fingerprint density at radius 2 is 1.76 bits per heavy atom. The van der Waals surface area contributed by atoms with Crippen molar-refractivity contribution in [1.29, 1.82) is 0 Å². The molecule has 6 nitrogen and oxygen atoms in total. The van der Waals surface area contributed by atoms with E-state index in [0.717, 1.165) is 21.6 Å². The summed E-state index contributed by atoms with van der Waals surface area (Å²) in [6, 6.07) is 9.66. The topological polar surface area (TPSA) is 76.1 Å². The van der Waals surface area contributed by atoms with Gasteiger partial charge in [-0.3, -0.25) is 14.5 Å². The van der Waals surface area contributed by atoms with E-state index in [1.165, 1.54) is 30.5 Å². The number of aliphatic hydroxyl groups excluding tert-OH is 1. The molecule has 1 aliphatic rings. The quantitative estimate of drug-likeness (QED) is 0.267. The smallest absolute Gasteiger partial charge is 0.300 e. The number of Topliss-reactive ketones (excluding diaryl/α,β-unsaturated/α-hetero) is 1. The summed E-state index contributed by atoms with van der Waals surface area (Å²) >= 11 is 7.76. The van der Waals surface area contributed by atoms with Crippen molar-refractivity contribution in [2.24, 2.45) is 0 Å². The Balaban J connectivity index is 2.00. The molecule has 0 spiro atoms. The van der Waals surface area contributed by atoms with Gasteiger partial charge in [-0.2, -0.15) is 0 Å². The van der Waals surface area contributed by atoms with Crippen molar-refractivity contribution in [3.63, 3.8) is 0 Å². The molecule has 0 radical (unpaired) electrons. The lowest BCUT2D eigenvalue weighted by atomic mass is 9.95. The van der Waals surface area contributed by atoms with E-state index >= 15 is 0 Å². The highest BCUT2D eigenvalue weighted by molar-refractivity contribution is 7.10. The van der Waals surface area contributed by atoms with Gasteiger partial charge in [-0.25, -0.2) is 0 Å². The number of carbonyl (C=O) groups excluding carboxylic acids is 2. The maximum absolute atomic E-state index is 13.4. The Labute approximate surface area is 207 Å². The number of thiophene rings is 1. The number of benzene rings is 2. The number of methoxy groups -OCH3 is 2. The van der Waals surface area contributed by atoms with Crippen molar-refractivity contribution in [3.05, 3.63) is 79.5 Å². The maximum atomic E-state index is 13.4. The number of halogens is 1. The summed E-state index contributed by atoms with van der Waals surface area (Å²) in [5.41, 5.74) is 3.40. The van der Waals surface area contributed by atoms with Crippen LogP contribution in [-0.4, -0.2) is 31.0 Å². The molecule has 2 heterocycles. The molecule has 1 fully saturated rings. The number of amides is 1. The van der Waals surface area contributed by atoms with Crippen molar-refractivity contribution < 1.29 is 24.2 Å². The Morgan fingerprint density at radius 3 is 2.35 bits per heavy atom. The first-order valence-corrected chi connectivity index (χ1v) is 11.8. The second kappa shape index (κ2) is 9.16. The molecule has 1 N–H and O–H groups in total. The van der Waals surface area contributed by atoms with Gasteiger partial charge < -0.3 is 14.6 Å². The molecule has 0 aliphatic carbocycles. The SMILES string of the molecule is COc1ccc(N2C(=O)C(=O)/C(=C(/O)c3cc(C)cc(C)c3OC)C2c2sccc2C)cc1Cl. The van der Waals surface area contributed by atoms with Crippen molar-refractivity contribution in [3.8, 4) is 11.5 Å². The van der Waals surface area contributed by atoms with E-state index in [-0.39, 0.29) is 11.3 Å². The molecule has 4 rings (SSSR count). The van der Waals surface area contributed by atoms with Gasteiger partial charge in [0.05, 0.1) is 30.4 Å². The average molecular weight is 498 g/mol. The van der Waals surface area contributed by atoms with Crippen LogP contribution in [0.3, 0.4) is 0 Å². The fourth-order valence-electron chi connectivity index (χ4n) is 4.36. The van der Waals surface area contributed by atoms with Crippen LogP contribution in [0.15, 0.2) is 47.4 Å². The maximum Gasteiger partial charge on any atom is 0.300 e. The van der Waals surface area contributed by atoms with Crippen LogP contribution in [0.1, 0.15) is 33.2 Å². The molecule has 1 unspecified atom stereocenters. The lowest BCUT2D eigenvalue weighted by molar-refractivity contribution is -0.132. The number of ether oxygens (including phenoxy) is 2. The molecular formula is C26H24ClNO5S. The molecule has 176 valence electrons. The molecule has 1 amide bonds. The van der Waals surface area contributed by atoms with Crippen LogP contribution in [0.2, 0.25) is 5.02 Å². The van der Waals surface area contributed by atoms with Crippen LogP contribution < -0.4 is 14.4 Å². The summed E-state index contributed by atoms with van der Waals surface area (Å²) in [5, 5.41) is 13.7. The predicted octanol–water partition coefficient (Wildman–Crippen LogP) is 5.97. The number of anilines is 1. The third-order valence-corrected chi connectivity index (χ3v) is 7.25. The molecule has 0 bridgehead atoms. The van der Waals surface area contributed by atoms with Gasteiger partial charge in [-0.15, -0.1) is 11.3 Å². The number of nitrogens with zero attached hydrogens (tertiary/aromatic N) is 1. The number of rotatable bonds is 5. The first-order valence-electron chi connectivity index (χ1n) is 10.5. The lowest BCUT2D eigenvalue weighted by Gasteiger charge is -2.25. The summed E-state index contributed by atoms with van der Waals surface area (Å²) in [5.74, 6) is -0.899. The molecule has 34 heavy (non-hydrogen) atoms. The summed E-state index contributed by atoms with van der Waals surface area (Å²) < 4.78 is 10.8. The Morgan fingerprint density at radius 1 is 1.03 bits per heavy atom. The minimum atomic E-state index is -0.824. The van der Waals surface area contributed by atoms with E-state index < -0.39 is 17.7 Å². The van der Waals surface area contributed by atoms with E-state index in [0.29, 0.717) is 27.8 Å². The van der Waals surface area contributed by atoms with Crippen molar-refractivity contribution in [2.45, 2.75) is 26.8 Å². The van der Waals surface area contributed by atoms with Crippen LogP contribution in [0, 0.1) is 20.8 Å². The number of hydrogen-bond donors (Lipinski definition) is 1. The highest BCUT2D eigenvalue weighted by atomic mass is 35.5. The molecule has 1 saturated heterocycles. The minimum Gasteiger partial charge on any atom is -0.507 e. The van der Waals surface area contributed by atoms with Crippen LogP contribution in [-0.2, 0) is 9.59 Å². The van der Waals surface area contributed by atoms with E-state index in [1.807, 2.05) is 38.3 Å². The highest BCUT2D eigenvalue weighted by Crippen LogP contribution is 2.47. The first-order chi connectivity index (χ1) is 16.2. The lowest BCUT2D eigenvalue weighted by Crippen LogP contribution is -2.29. The van der Waals surface area contributed by atoms with E-state index in [1.54, 1.807) is 24.3 Å². The fraction of sp³-hybridized carbons (Fsp3) is 0.231. The van der Waals surface area contributed by atoms with Gasteiger partial charge in [0, 0.05) is 10.6 Å². The summed E-state index contributed by atoms with van der Waals surface area (Å²) in [6.45, 7) is 5.66. The Kier molecular flexibility index (Phi) is 6.43. The van der Waals surface area contributed by atoms with Crippen LogP contribution in [0.5, 0.6) is 11.5 Å². The van der Waals surface area contributed by atoms with Gasteiger partial charge in [-0.05, 0) is 73.2 Å². The number of ketones is 1. The number of aryl methyl sites for hydroxylation is 3. The van der Waals surface area contributed by atoms with Gasteiger partial charge in [-0.1, -0.05) is 17.7 Å². The third kappa shape index (κ3) is 3.85. The summed E-state index contributed by atoms with van der Waals surface area (Å²) in [6.07, 6.45) is 0. The summed E-state index contributed by atoms with van der Waals surface area (Å²) in [4.78, 5) is 28.9. The molecule has 3 aromatic rings. The van der Waals surface area contributed by atoms with Gasteiger partial charge in [0.2, 0.25) is 0 Å². The monoisotopic (exact) mass is 497 g/mol. The molecule has 1 aromatic heterocycles. The van der Waals surface area contributed by atoms with Gasteiger partial charge in [0.25, 0.3) is 11.7 Å². The average Bonchev–Trinajstić information content (AvgIpc) is 3.33. The van der Waals surface area contributed by atoms with E-state index in [9.17, 15) is 14.7 Å². The van der Waals surface area contributed by atoms with Crippen molar-refractivity contribution in [1.82, 2.24) is 0 Å². The zero-order valence-corrected chi connectivity index (χ0v) is 21.0. The van der Waals surface area contributed by atoms with Crippen LogP contribution in [0.4, 0.5) is 5.69 Å². The van der Waals surface area contributed by atoms with Gasteiger partial charge in [0.1, 0.15) is 23.3 Å². The van der Waals surface area contributed by atoms with E-state index in [2.05, 4.69) is 0 Å². The minimum absolute atomic E-state index is 0.00536. The molecular weight excluding hydrogens is 474 g/mol. The highest BCUT2D eigenvalue weighted by Gasteiger charge is 2.48. The number of carbonyl (C=O) groups is 2. The zero-order chi connectivity index (χ0) is 24.7. The molecule has 2 aromatic carbocycles. The Bertz CT molecular complexity index is 1340. The standard InChI is InChI=1S/C26H24ClNO5S/c1-13-10-15(3)24(33-5)17(11-13)22(29)20-21(25-14(2)8-9-34-25)28(26(31)23(20)30)16-6-7-19(32-4)18(27)12-16/h6-12,21,29H,1-5H3/b22-20+. The molecule has 8 heteroatoms. The Hall–Kier alpha value is -3.29. The predicted molar refractivity (Wildman–Crippen MR) is 134 cm³/mol. The second-order valence-corrected chi connectivity index (χ2v) is 9.47. The number of aliphatic hydroxyl groups is 1. The molecule has 1 atom stereocenters.